The van der Waals surface area contributed by atoms with Crippen molar-refractivity contribution in [2.75, 3.05) is 28.6 Å². The lowest BCUT2D eigenvalue weighted by Gasteiger charge is -2.22. The lowest BCUT2D eigenvalue weighted by Crippen LogP contribution is -3.00. The van der Waals surface area contributed by atoms with Gasteiger partial charge in [0.15, 0.2) is 0 Å². The van der Waals surface area contributed by atoms with Crippen molar-refractivity contribution in [3.63, 3.8) is 0 Å². The van der Waals surface area contributed by atoms with Crippen LogP contribution in [0.5, 0.6) is 0 Å². The first kappa shape index (κ1) is 18.8. The standard InChI is InChI=1S/C16H23N5O.ClH/c1-5-21(6-2)13-7-8-14(12(3)11-13)18-16(22)19-15-9-10-17-20(15)4;/h7-11H,5-6H2,1-4H3,(H2,18,19,22);1H/p-1. The molecule has 0 fully saturated rings. The van der Waals surface area contributed by atoms with Crippen LogP contribution in [0, 0.1) is 6.92 Å². The monoisotopic (exact) mass is 336 g/mol. The molecule has 6 nitrogen and oxygen atoms in total. The molecular formula is C16H23ClN5O-. The van der Waals surface area contributed by atoms with E-state index in [1.807, 2.05) is 19.1 Å². The Bertz CT molecular complexity index is 652. The average Bonchev–Trinajstić information content (AvgIpc) is 2.88. The van der Waals surface area contributed by atoms with E-state index in [0.29, 0.717) is 5.82 Å². The second-order valence-corrected chi connectivity index (χ2v) is 5.09. The number of urea groups is 1. The normalized spacial score (nSPS) is 9.91. The molecule has 0 saturated carbocycles. The van der Waals surface area contributed by atoms with Gasteiger partial charge in [-0.2, -0.15) is 5.10 Å². The number of aryl methyl sites for hydroxylation is 2. The summed E-state index contributed by atoms with van der Waals surface area (Å²) in [6.07, 6.45) is 1.64. The molecule has 1 aromatic carbocycles. The van der Waals surface area contributed by atoms with E-state index in [1.54, 1.807) is 24.0 Å². The van der Waals surface area contributed by atoms with Gasteiger partial charge in [-0.3, -0.25) is 10.00 Å². The van der Waals surface area contributed by atoms with Crippen LogP contribution in [0.1, 0.15) is 19.4 Å². The van der Waals surface area contributed by atoms with Crippen LogP contribution >= 0.6 is 0 Å². The van der Waals surface area contributed by atoms with Gasteiger partial charge in [-0.15, -0.1) is 0 Å². The zero-order valence-electron chi connectivity index (χ0n) is 13.9. The Morgan fingerprint density at radius 1 is 1.22 bits per heavy atom. The van der Waals surface area contributed by atoms with E-state index >= 15 is 0 Å². The van der Waals surface area contributed by atoms with Crippen LogP contribution in [0.4, 0.5) is 22.0 Å². The van der Waals surface area contributed by atoms with Crippen molar-refractivity contribution in [1.29, 1.82) is 0 Å². The Balaban J connectivity index is 0.00000264. The third-order valence-corrected chi connectivity index (χ3v) is 3.65. The van der Waals surface area contributed by atoms with Crippen LogP contribution in [0.3, 0.4) is 0 Å². The molecule has 0 aliphatic carbocycles. The van der Waals surface area contributed by atoms with E-state index in [2.05, 4.69) is 40.5 Å². The molecule has 0 saturated heterocycles. The third kappa shape index (κ3) is 4.63. The first-order chi connectivity index (χ1) is 10.5. The molecular weight excluding hydrogens is 314 g/mol. The van der Waals surface area contributed by atoms with Crippen molar-refractivity contribution in [2.24, 2.45) is 7.05 Å². The summed E-state index contributed by atoms with van der Waals surface area (Å²) < 4.78 is 1.61. The molecule has 1 heterocycles. The Morgan fingerprint density at radius 2 is 1.91 bits per heavy atom. The van der Waals surface area contributed by atoms with E-state index < -0.39 is 0 Å². The first-order valence-corrected chi connectivity index (χ1v) is 7.46. The molecule has 2 aromatic rings. The Morgan fingerprint density at radius 3 is 2.43 bits per heavy atom. The summed E-state index contributed by atoms with van der Waals surface area (Å²) >= 11 is 0. The number of anilines is 3. The molecule has 0 aliphatic rings. The predicted molar refractivity (Wildman–Crippen MR) is 90.6 cm³/mol. The van der Waals surface area contributed by atoms with Crippen molar-refractivity contribution in [3.8, 4) is 0 Å². The maximum atomic E-state index is 12.0. The zero-order valence-corrected chi connectivity index (χ0v) is 14.7. The predicted octanol–water partition coefficient (Wildman–Crippen LogP) is 0.223. The fourth-order valence-electron chi connectivity index (χ4n) is 2.34. The number of halogens is 1. The molecule has 0 radical (unpaired) electrons. The molecule has 0 aliphatic heterocycles. The number of carbonyl (C=O) groups is 1. The largest absolute Gasteiger partial charge is 1.00 e. The van der Waals surface area contributed by atoms with Crippen molar-refractivity contribution in [1.82, 2.24) is 9.78 Å². The van der Waals surface area contributed by atoms with Gasteiger partial charge in [0.05, 0.1) is 6.20 Å². The minimum absolute atomic E-state index is 0. The van der Waals surface area contributed by atoms with E-state index in [4.69, 9.17) is 0 Å². The van der Waals surface area contributed by atoms with Crippen molar-refractivity contribution < 1.29 is 17.2 Å². The molecule has 23 heavy (non-hydrogen) atoms. The summed E-state index contributed by atoms with van der Waals surface area (Å²) in [4.78, 5) is 14.3. The number of hydrogen-bond acceptors (Lipinski definition) is 3. The second kappa shape index (κ2) is 8.43. The smallest absolute Gasteiger partial charge is 0.324 e. The molecule has 0 bridgehead atoms. The molecule has 126 valence electrons. The molecule has 0 spiro atoms. The number of nitrogens with one attached hydrogen (secondary N) is 2. The summed E-state index contributed by atoms with van der Waals surface area (Å²) in [5.74, 6) is 0.648. The van der Waals surface area contributed by atoms with E-state index in [-0.39, 0.29) is 18.4 Å². The second-order valence-electron chi connectivity index (χ2n) is 5.09. The highest BCUT2D eigenvalue weighted by Crippen LogP contribution is 2.22. The van der Waals surface area contributed by atoms with Crippen LogP contribution in [0.25, 0.3) is 0 Å². The fourth-order valence-corrected chi connectivity index (χ4v) is 2.34. The SMILES string of the molecule is CCN(CC)c1ccc(NC(=O)Nc2ccnn2C)c(C)c1.[Cl-]. The van der Waals surface area contributed by atoms with Crippen molar-refractivity contribution in [3.05, 3.63) is 36.0 Å². The number of aromatic nitrogens is 2. The molecule has 0 unspecified atom stereocenters. The number of benzene rings is 1. The zero-order chi connectivity index (χ0) is 16.1. The van der Waals surface area contributed by atoms with Gasteiger partial charge in [-0.1, -0.05) is 0 Å². The quantitative estimate of drug-likeness (QED) is 0.821. The van der Waals surface area contributed by atoms with Crippen LogP contribution in [0.15, 0.2) is 30.5 Å². The van der Waals surface area contributed by atoms with Gasteiger partial charge in [0.25, 0.3) is 0 Å². The number of hydrogen-bond donors (Lipinski definition) is 2. The van der Waals surface area contributed by atoms with Crippen LogP contribution in [-0.4, -0.2) is 28.9 Å². The lowest BCUT2D eigenvalue weighted by molar-refractivity contribution is -0.00000768. The summed E-state index contributed by atoms with van der Waals surface area (Å²) in [5, 5.41) is 9.65. The van der Waals surface area contributed by atoms with Crippen molar-refractivity contribution >= 4 is 23.2 Å². The van der Waals surface area contributed by atoms with Crippen molar-refractivity contribution in [2.45, 2.75) is 20.8 Å². The number of amides is 2. The maximum absolute atomic E-state index is 12.0. The summed E-state index contributed by atoms with van der Waals surface area (Å²) in [6.45, 7) is 8.18. The molecule has 0 atom stereocenters. The van der Waals surface area contributed by atoms with Gasteiger partial charge in [-0.25, -0.2) is 4.79 Å². The molecule has 7 heteroatoms. The molecule has 2 rings (SSSR count). The van der Waals surface area contributed by atoms with Gasteiger partial charge in [0.1, 0.15) is 5.82 Å². The molecule has 1 aromatic heterocycles. The van der Waals surface area contributed by atoms with Gasteiger partial charge in [-0.05, 0) is 44.5 Å². The molecule has 2 N–H and O–H groups in total. The maximum Gasteiger partial charge on any atom is 0.324 e. The summed E-state index contributed by atoms with van der Waals surface area (Å²) in [6, 6.07) is 7.52. The van der Waals surface area contributed by atoms with Gasteiger partial charge < -0.3 is 22.6 Å². The van der Waals surface area contributed by atoms with E-state index in [9.17, 15) is 4.79 Å². The Hall–Kier alpha value is -2.21. The minimum atomic E-state index is -0.276. The van der Waals surface area contributed by atoms with E-state index in [0.717, 1.165) is 24.3 Å². The Labute approximate surface area is 143 Å². The highest BCUT2D eigenvalue weighted by atomic mass is 35.5. The highest BCUT2D eigenvalue weighted by Gasteiger charge is 2.09. The first-order valence-electron chi connectivity index (χ1n) is 7.46. The van der Waals surface area contributed by atoms with Gasteiger partial charge >= 0.3 is 6.03 Å². The summed E-state index contributed by atoms with van der Waals surface area (Å²) in [7, 11) is 1.78. The molecule has 2 amide bonds. The van der Waals surface area contributed by atoms with Gasteiger partial charge in [0, 0.05) is 37.6 Å². The highest BCUT2D eigenvalue weighted by molar-refractivity contribution is 5.99. The van der Waals surface area contributed by atoms with Crippen LogP contribution in [0.2, 0.25) is 0 Å². The topological polar surface area (TPSA) is 62.2 Å². The lowest BCUT2D eigenvalue weighted by atomic mass is 10.1. The number of nitrogens with zero attached hydrogens (tertiary/aromatic N) is 3. The third-order valence-electron chi connectivity index (χ3n) is 3.65. The number of carbonyl (C=O) groups excluding carboxylic acids is 1. The van der Waals surface area contributed by atoms with Gasteiger partial charge in [0.2, 0.25) is 0 Å². The summed E-state index contributed by atoms with van der Waals surface area (Å²) in [5.41, 5.74) is 3.00. The fraction of sp³-hybridized carbons (Fsp3) is 0.375. The average molecular weight is 337 g/mol. The minimum Gasteiger partial charge on any atom is -1.00 e. The Kier molecular flexibility index (Phi) is 6.90. The number of rotatable bonds is 5. The van der Waals surface area contributed by atoms with E-state index in [1.165, 1.54) is 5.69 Å². The van der Waals surface area contributed by atoms with Crippen LogP contribution in [-0.2, 0) is 7.05 Å². The van der Waals surface area contributed by atoms with Crippen LogP contribution < -0.4 is 27.9 Å².